The molecule has 1 aliphatic rings. The van der Waals surface area contributed by atoms with E-state index in [0.717, 1.165) is 36.2 Å². The van der Waals surface area contributed by atoms with E-state index in [1.807, 2.05) is 30.3 Å². The largest absolute Gasteiger partial charge is 0.463 e. The van der Waals surface area contributed by atoms with Crippen LogP contribution < -0.4 is 5.32 Å². The molecule has 1 amide bonds. The second kappa shape index (κ2) is 9.86. The summed E-state index contributed by atoms with van der Waals surface area (Å²) in [6.07, 6.45) is 1.85. The zero-order valence-corrected chi connectivity index (χ0v) is 19.1. The van der Waals surface area contributed by atoms with Crippen molar-refractivity contribution in [3.05, 3.63) is 87.2 Å². The number of ether oxygens (including phenoxy) is 1. The predicted molar refractivity (Wildman–Crippen MR) is 125 cm³/mol. The minimum Gasteiger partial charge on any atom is -0.463 e. The summed E-state index contributed by atoms with van der Waals surface area (Å²) < 4.78 is 7.03. The third-order valence-corrected chi connectivity index (χ3v) is 5.70. The minimum atomic E-state index is -0.945. The van der Waals surface area contributed by atoms with E-state index in [2.05, 4.69) is 10.4 Å². The number of nitro benzene ring substituents is 1. The third kappa shape index (κ3) is 4.83. The monoisotopic (exact) mass is 462 g/mol. The smallest absolute Gasteiger partial charge is 0.308 e. The summed E-state index contributed by atoms with van der Waals surface area (Å²) in [4.78, 5) is 37.0. The number of aromatic nitrogens is 2. The van der Waals surface area contributed by atoms with Gasteiger partial charge >= 0.3 is 5.97 Å². The second-order valence-corrected chi connectivity index (χ2v) is 8.46. The summed E-state index contributed by atoms with van der Waals surface area (Å²) in [5, 5.41) is 19.0. The molecule has 0 saturated carbocycles. The molecule has 34 heavy (non-hydrogen) atoms. The van der Waals surface area contributed by atoms with Crippen molar-refractivity contribution in [1.29, 1.82) is 0 Å². The summed E-state index contributed by atoms with van der Waals surface area (Å²) in [5.74, 6) is -1.04. The van der Waals surface area contributed by atoms with Crippen LogP contribution in [0.1, 0.15) is 60.0 Å². The van der Waals surface area contributed by atoms with Crippen LogP contribution in [0.2, 0.25) is 0 Å². The van der Waals surface area contributed by atoms with Crippen molar-refractivity contribution >= 4 is 17.6 Å². The normalized spacial score (nSPS) is 13.4. The van der Waals surface area contributed by atoms with Gasteiger partial charge in [0.2, 0.25) is 0 Å². The molecule has 0 aliphatic heterocycles. The molecule has 9 nitrogen and oxygen atoms in total. The number of hydrogen-bond donors (Lipinski definition) is 1. The molecule has 9 heteroatoms. The maximum absolute atomic E-state index is 13.4. The fourth-order valence-corrected chi connectivity index (χ4v) is 4.29. The third-order valence-electron chi connectivity index (χ3n) is 5.70. The number of hydrogen-bond acceptors (Lipinski definition) is 6. The van der Waals surface area contributed by atoms with Gasteiger partial charge in [0.25, 0.3) is 11.6 Å². The maximum atomic E-state index is 13.4. The van der Waals surface area contributed by atoms with Gasteiger partial charge in [-0.15, -0.1) is 0 Å². The lowest BCUT2D eigenvalue weighted by molar-refractivity contribution is -0.385. The average Bonchev–Trinajstić information content (AvgIpc) is 3.41. The van der Waals surface area contributed by atoms with Crippen molar-refractivity contribution in [2.45, 2.75) is 51.7 Å². The zero-order chi connectivity index (χ0) is 24.2. The Bertz CT molecular complexity index is 1220. The molecule has 1 aromatic heterocycles. The molecule has 1 atom stereocenters. The summed E-state index contributed by atoms with van der Waals surface area (Å²) >= 11 is 0. The number of esters is 1. The zero-order valence-electron chi connectivity index (χ0n) is 19.1. The van der Waals surface area contributed by atoms with Crippen LogP contribution >= 0.6 is 0 Å². The maximum Gasteiger partial charge on any atom is 0.308 e. The Balaban J connectivity index is 1.68. The van der Waals surface area contributed by atoms with E-state index < -0.39 is 22.8 Å². The minimum absolute atomic E-state index is 0.176. The van der Waals surface area contributed by atoms with Crippen molar-refractivity contribution in [2.75, 3.05) is 0 Å². The summed E-state index contributed by atoms with van der Waals surface area (Å²) in [5.41, 5.74) is 3.05. The van der Waals surface area contributed by atoms with Crippen LogP contribution in [0.25, 0.3) is 5.69 Å². The van der Waals surface area contributed by atoms with Gasteiger partial charge in [-0.05, 0) is 45.2 Å². The molecule has 2 aromatic carbocycles. The fraction of sp³-hybridized carbons (Fsp3) is 0.320. The van der Waals surface area contributed by atoms with E-state index in [-0.39, 0.29) is 29.5 Å². The van der Waals surface area contributed by atoms with Crippen molar-refractivity contribution < 1.29 is 19.2 Å². The summed E-state index contributed by atoms with van der Waals surface area (Å²) in [6, 6.07) is 14.7. The van der Waals surface area contributed by atoms with E-state index in [4.69, 9.17) is 4.74 Å². The first kappa shape index (κ1) is 23.2. The van der Waals surface area contributed by atoms with E-state index in [1.54, 1.807) is 36.7 Å². The number of benzene rings is 2. The number of fused-ring (bicyclic) bond motifs is 1. The van der Waals surface area contributed by atoms with Crippen LogP contribution in [-0.2, 0) is 22.4 Å². The first-order valence-electron chi connectivity index (χ1n) is 11.2. The number of nitro groups is 1. The van der Waals surface area contributed by atoms with Gasteiger partial charge in [-0.1, -0.05) is 36.4 Å². The quantitative estimate of drug-likeness (QED) is 0.306. The van der Waals surface area contributed by atoms with Crippen LogP contribution in [0.15, 0.2) is 54.6 Å². The first-order chi connectivity index (χ1) is 16.3. The number of amides is 1. The highest BCUT2D eigenvalue weighted by Gasteiger charge is 2.31. The predicted octanol–water partition coefficient (Wildman–Crippen LogP) is 4.08. The van der Waals surface area contributed by atoms with E-state index in [1.165, 1.54) is 6.07 Å². The van der Waals surface area contributed by atoms with Crippen molar-refractivity contribution in [3.63, 3.8) is 0 Å². The summed E-state index contributed by atoms with van der Waals surface area (Å²) in [6.45, 7) is 3.44. The molecule has 1 N–H and O–H groups in total. The average molecular weight is 463 g/mol. The van der Waals surface area contributed by atoms with Gasteiger partial charge in [0.15, 0.2) is 5.69 Å². The number of nitrogens with one attached hydrogen (secondary N) is 1. The molecule has 1 aliphatic carbocycles. The molecule has 1 unspecified atom stereocenters. The van der Waals surface area contributed by atoms with Crippen LogP contribution in [0.3, 0.4) is 0 Å². The SMILES string of the molecule is CC(C)OC(=O)CC(NC(=O)c1nn(-c2ccccc2)c2c1CCC2)c1ccccc1[N+](=O)[O-]. The molecule has 3 aromatic rings. The van der Waals surface area contributed by atoms with Gasteiger partial charge in [-0.3, -0.25) is 19.7 Å². The Kier molecular flexibility index (Phi) is 6.72. The van der Waals surface area contributed by atoms with Gasteiger partial charge < -0.3 is 10.1 Å². The molecular formula is C25H26N4O5. The standard InChI is InChI=1S/C25H26N4O5/c1-16(2)34-23(30)15-20(18-11-6-7-13-22(18)29(32)33)26-25(31)24-19-12-8-14-21(19)28(27-24)17-9-4-3-5-10-17/h3-7,9-11,13,16,20H,8,12,14-15H2,1-2H3,(H,26,31). The lowest BCUT2D eigenvalue weighted by Crippen LogP contribution is -2.32. The topological polar surface area (TPSA) is 116 Å². The van der Waals surface area contributed by atoms with Crippen LogP contribution in [0.5, 0.6) is 0 Å². The fourth-order valence-electron chi connectivity index (χ4n) is 4.29. The van der Waals surface area contributed by atoms with Gasteiger partial charge in [0.05, 0.1) is 34.7 Å². The van der Waals surface area contributed by atoms with Crippen molar-refractivity contribution in [2.24, 2.45) is 0 Å². The Morgan fingerprint density at radius 2 is 1.82 bits per heavy atom. The van der Waals surface area contributed by atoms with E-state index >= 15 is 0 Å². The molecule has 1 heterocycles. The molecular weight excluding hydrogens is 436 g/mol. The number of rotatable bonds is 8. The molecule has 0 saturated heterocycles. The van der Waals surface area contributed by atoms with Gasteiger partial charge in [-0.2, -0.15) is 5.10 Å². The Hall–Kier alpha value is -4.01. The Labute approximate surface area is 196 Å². The van der Waals surface area contributed by atoms with Crippen LogP contribution in [-0.4, -0.2) is 32.7 Å². The van der Waals surface area contributed by atoms with Gasteiger partial charge in [-0.25, -0.2) is 4.68 Å². The van der Waals surface area contributed by atoms with Crippen LogP contribution in [0.4, 0.5) is 5.69 Å². The Morgan fingerprint density at radius 3 is 2.53 bits per heavy atom. The number of carbonyl (C=O) groups excluding carboxylic acids is 2. The molecule has 0 radical (unpaired) electrons. The van der Waals surface area contributed by atoms with Gasteiger partial charge in [0, 0.05) is 17.3 Å². The second-order valence-electron chi connectivity index (χ2n) is 8.46. The highest BCUT2D eigenvalue weighted by molar-refractivity contribution is 5.95. The number of para-hydroxylation sites is 2. The number of carbonyl (C=O) groups is 2. The molecule has 0 bridgehead atoms. The highest BCUT2D eigenvalue weighted by atomic mass is 16.6. The Morgan fingerprint density at radius 1 is 1.12 bits per heavy atom. The lowest BCUT2D eigenvalue weighted by atomic mass is 10.0. The highest BCUT2D eigenvalue weighted by Crippen LogP contribution is 2.30. The van der Waals surface area contributed by atoms with E-state index in [9.17, 15) is 19.7 Å². The van der Waals surface area contributed by atoms with E-state index in [0.29, 0.717) is 0 Å². The van der Waals surface area contributed by atoms with Crippen molar-refractivity contribution in [3.8, 4) is 5.69 Å². The molecule has 176 valence electrons. The molecule has 0 spiro atoms. The summed E-state index contributed by atoms with van der Waals surface area (Å²) in [7, 11) is 0. The van der Waals surface area contributed by atoms with Gasteiger partial charge in [0.1, 0.15) is 0 Å². The van der Waals surface area contributed by atoms with Crippen LogP contribution in [0, 0.1) is 10.1 Å². The molecule has 0 fully saturated rings. The van der Waals surface area contributed by atoms with Crippen molar-refractivity contribution in [1.82, 2.24) is 15.1 Å². The number of nitrogens with zero attached hydrogens (tertiary/aromatic N) is 3. The molecule has 4 rings (SSSR count). The first-order valence-corrected chi connectivity index (χ1v) is 11.2. The lowest BCUT2D eigenvalue weighted by Gasteiger charge is -2.19.